The average Bonchev–Trinajstić information content (AvgIpc) is 3.59. The quantitative estimate of drug-likeness (QED) is 0.436. The number of hydrogen-bond donors (Lipinski definition) is 2. The number of carbonyl (C=O) groups is 2. The van der Waals surface area contributed by atoms with Gasteiger partial charge in [-0.1, -0.05) is 6.92 Å². The average molecular weight is 465 g/mol. The Morgan fingerprint density at radius 2 is 1.94 bits per heavy atom. The van der Waals surface area contributed by atoms with Crippen molar-refractivity contribution in [3.63, 3.8) is 0 Å². The Hall–Kier alpha value is -3.79. The van der Waals surface area contributed by atoms with Gasteiger partial charge in [-0.2, -0.15) is 5.10 Å². The summed E-state index contributed by atoms with van der Waals surface area (Å²) in [5.41, 5.74) is 3.09. The number of rotatable bonds is 10. The van der Waals surface area contributed by atoms with Crippen LogP contribution >= 0.6 is 0 Å². The number of ether oxygens (including phenoxy) is 2. The fourth-order valence-electron chi connectivity index (χ4n) is 3.64. The molecule has 1 aromatic carbocycles. The minimum atomic E-state index is -0.0753. The second-order valence-corrected chi connectivity index (χ2v) is 8.18. The lowest BCUT2D eigenvalue weighted by Gasteiger charge is -2.18. The Morgan fingerprint density at radius 1 is 1.15 bits per heavy atom. The fourth-order valence-corrected chi connectivity index (χ4v) is 3.64. The summed E-state index contributed by atoms with van der Waals surface area (Å²) in [6.45, 7) is 2.15. The molecule has 0 atom stereocenters. The normalized spacial score (nSPS) is 12.9. The van der Waals surface area contributed by atoms with Crippen LogP contribution in [0.1, 0.15) is 42.1 Å². The topological polar surface area (TPSA) is 120 Å². The second kappa shape index (κ2) is 10.0. The van der Waals surface area contributed by atoms with Crippen LogP contribution in [-0.2, 0) is 23.2 Å². The van der Waals surface area contributed by atoms with Crippen LogP contribution in [0, 0.1) is 5.92 Å². The molecule has 2 N–H and O–H groups in total. The number of amides is 1. The zero-order valence-corrected chi connectivity index (χ0v) is 19.7. The number of carbonyl (C=O) groups excluding carboxylic acids is 2. The fraction of sp³-hybridized carbons (Fsp3) is 0.375. The summed E-state index contributed by atoms with van der Waals surface area (Å²) in [4.78, 5) is 33.6. The molecule has 0 spiro atoms. The predicted octanol–water partition coefficient (Wildman–Crippen LogP) is 3.72. The van der Waals surface area contributed by atoms with Crippen LogP contribution in [0.5, 0.6) is 5.75 Å². The van der Waals surface area contributed by atoms with Crippen LogP contribution in [-0.4, -0.2) is 45.7 Å². The largest absolute Gasteiger partial charge is 0.494 e. The van der Waals surface area contributed by atoms with Gasteiger partial charge in [0.15, 0.2) is 17.4 Å². The summed E-state index contributed by atoms with van der Waals surface area (Å²) >= 11 is 0. The number of aromatic nitrogens is 4. The number of benzene rings is 1. The molecule has 1 fully saturated rings. The van der Waals surface area contributed by atoms with Crippen LogP contribution in [0.15, 0.2) is 30.7 Å². The van der Waals surface area contributed by atoms with E-state index in [4.69, 9.17) is 9.47 Å². The number of nitrogens with zero attached hydrogens (tertiary/aromatic N) is 4. The van der Waals surface area contributed by atoms with E-state index in [9.17, 15) is 9.59 Å². The van der Waals surface area contributed by atoms with Crippen LogP contribution in [0.25, 0.3) is 11.4 Å². The zero-order valence-electron chi connectivity index (χ0n) is 19.7. The first kappa shape index (κ1) is 23.4. The zero-order chi connectivity index (χ0) is 24.2. The van der Waals surface area contributed by atoms with E-state index in [1.54, 1.807) is 45.3 Å². The molecule has 1 aliphatic carbocycles. The van der Waals surface area contributed by atoms with Crippen molar-refractivity contribution in [1.29, 1.82) is 0 Å². The van der Waals surface area contributed by atoms with Gasteiger partial charge in [-0.25, -0.2) is 9.97 Å². The Balaban J connectivity index is 1.78. The van der Waals surface area contributed by atoms with E-state index in [1.807, 2.05) is 12.1 Å². The van der Waals surface area contributed by atoms with Crippen molar-refractivity contribution in [1.82, 2.24) is 19.7 Å². The smallest absolute Gasteiger partial charge is 0.228 e. The van der Waals surface area contributed by atoms with Crippen molar-refractivity contribution < 1.29 is 19.1 Å². The van der Waals surface area contributed by atoms with Crippen LogP contribution in [0.3, 0.4) is 0 Å². The van der Waals surface area contributed by atoms with Gasteiger partial charge in [-0.05, 0) is 30.5 Å². The van der Waals surface area contributed by atoms with Gasteiger partial charge in [0, 0.05) is 38.8 Å². The molecule has 0 radical (unpaired) electrons. The molecule has 1 amide bonds. The van der Waals surface area contributed by atoms with E-state index in [2.05, 4.69) is 25.7 Å². The Bertz CT molecular complexity index is 1220. The number of methoxy groups -OCH3 is 2. The van der Waals surface area contributed by atoms with Gasteiger partial charge >= 0.3 is 0 Å². The molecule has 4 rings (SSSR count). The Morgan fingerprint density at radius 3 is 2.56 bits per heavy atom. The third kappa shape index (κ3) is 5.07. The highest BCUT2D eigenvalue weighted by Gasteiger charge is 2.30. The highest BCUT2D eigenvalue weighted by atomic mass is 16.5. The summed E-state index contributed by atoms with van der Waals surface area (Å²) in [5.74, 6) is 1.30. The number of anilines is 3. The first-order valence-corrected chi connectivity index (χ1v) is 11.1. The lowest BCUT2D eigenvalue weighted by molar-refractivity contribution is -0.117. The van der Waals surface area contributed by atoms with Crippen LogP contribution in [0.2, 0.25) is 0 Å². The first-order valence-electron chi connectivity index (χ1n) is 11.1. The summed E-state index contributed by atoms with van der Waals surface area (Å²) < 4.78 is 12.7. The summed E-state index contributed by atoms with van der Waals surface area (Å²) in [7, 11) is 4.97. The minimum absolute atomic E-state index is 0.0365. The van der Waals surface area contributed by atoms with Gasteiger partial charge in [0.1, 0.15) is 12.1 Å². The first-order chi connectivity index (χ1) is 16.4. The maximum absolute atomic E-state index is 12.6. The number of hydrogen-bond acceptors (Lipinski definition) is 8. The van der Waals surface area contributed by atoms with Crippen molar-refractivity contribution in [2.24, 2.45) is 13.0 Å². The van der Waals surface area contributed by atoms with Gasteiger partial charge in [0.25, 0.3) is 0 Å². The maximum atomic E-state index is 12.6. The van der Waals surface area contributed by atoms with Gasteiger partial charge < -0.3 is 20.1 Å². The molecule has 1 aliphatic rings. The third-order valence-corrected chi connectivity index (χ3v) is 5.50. The Labute approximate surface area is 197 Å². The summed E-state index contributed by atoms with van der Waals surface area (Å²) in [6.07, 6.45) is 5.19. The molecular weight excluding hydrogens is 436 g/mol. The maximum Gasteiger partial charge on any atom is 0.228 e. The van der Waals surface area contributed by atoms with Crippen LogP contribution < -0.4 is 15.4 Å². The molecule has 2 aromatic heterocycles. The summed E-state index contributed by atoms with van der Waals surface area (Å²) in [6, 6.07) is 5.47. The van der Waals surface area contributed by atoms with E-state index in [0.29, 0.717) is 52.9 Å². The monoisotopic (exact) mass is 464 g/mol. The van der Waals surface area contributed by atoms with E-state index in [0.717, 1.165) is 18.4 Å². The van der Waals surface area contributed by atoms with Crippen molar-refractivity contribution in [3.8, 4) is 17.1 Å². The highest BCUT2D eigenvalue weighted by Crippen LogP contribution is 2.39. The highest BCUT2D eigenvalue weighted by molar-refractivity contribution is 6.03. The molecule has 3 aromatic rings. The number of nitrogens with one attached hydrogen (secondary N) is 2. The van der Waals surface area contributed by atoms with Crippen LogP contribution in [0.4, 0.5) is 17.2 Å². The minimum Gasteiger partial charge on any atom is -0.494 e. The molecule has 0 bridgehead atoms. The molecule has 10 heteroatoms. The van der Waals surface area contributed by atoms with Gasteiger partial charge in [-0.3, -0.25) is 14.3 Å². The standard InChI is InChI=1S/C24H28N6O4/c1-5-20(31)17-11-25-21(28-24(32)15-6-7-15)10-18(17)27-19-9-14(12-33-3)8-16(22(19)34-4)23-26-13-30(2)29-23/h8-11,13,15H,5-7,12H2,1-4H3,(H2,25,27,28,32). The molecule has 1 saturated carbocycles. The predicted molar refractivity (Wildman–Crippen MR) is 127 cm³/mol. The number of aryl methyl sites for hydroxylation is 1. The van der Waals surface area contributed by atoms with Gasteiger partial charge in [0.05, 0.1) is 36.2 Å². The van der Waals surface area contributed by atoms with Crippen molar-refractivity contribution >= 4 is 28.9 Å². The van der Waals surface area contributed by atoms with Gasteiger partial charge in [0.2, 0.25) is 5.91 Å². The molecule has 178 valence electrons. The second-order valence-electron chi connectivity index (χ2n) is 8.18. The molecule has 0 unspecified atom stereocenters. The number of pyridine rings is 1. The molecule has 0 saturated heterocycles. The molecule has 0 aliphatic heterocycles. The van der Waals surface area contributed by atoms with Crippen molar-refractivity contribution in [2.75, 3.05) is 24.9 Å². The third-order valence-electron chi connectivity index (χ3n) is 5.50. The van der Waals surface area contributed by atoms with Crippen molar-refractivity contribution in [2.45, 2.75) is 32.8 Å². The van der Waals surface area contributed by atoms with Gasteiger partial charge in [-0.15, -0.1) is 0 Å². The molecule has 10 nitrogen and oxygen atoms in total. The lowest BCUT2D eigenvalue weighted by Crippen LogP contribution is -2.15. The molecule has 2 heterocycles. The van der Waals surface area contributed by atoms with E-state index >= 15 is 0 Å². The molecular formula is C24H28N6O4. The number of Topliss-reactive ketones (excluding diaryl/α,β-unsaturated/α-hetero) is 1. The van der Waals surface area contributed by atoms with E-state index in [1.165, 1.54) is 6.20 Å². The Kier molecular flexibility index (Phi) is 6.87. The number of ketones is 1. The van der Waals surface area contributed by atoms with Crippen molar-refractivity contribution in [3.05, 3.63) is 41.9 Å². The molecule has 34 heavy (non-hydrogen) atoms. The SMILES string of the molecule is CCC(=O)c1cnc(NC(=O)C2CC2)cc1Nc1cc(COC)cc(-c2ncn(C)n2)c1OC. The van der Waals surface area contributed by atoms with E-state index in [-0.39, 0.29) is 17.6 Å². The van der Waals surface area contributed by atoms with E-state index < -0.39 is 0 Å². The lowest BCUT2D eigenvalue weighted by atomic mass is 10.1. The summed E-state index contributed by atoms with van der Waals surface area (Å²) in [5, 5.41) is 10.6.